The van der Waals surface area contributed by atoms with Gasteiger partial charge in [0.05, 0.1) is 0 Å². The molecule has 11 nitrogen and oxygen atoms in total. The molecule has 2 N–H and O–H groups in total. The van der Waals surface area contributed by atoms with Crippen molar-refractivity contribution in [3.8, 4) is 0 Å². The van der Waals surface area contributed by atoms with E-state index in [0.717, 1.165) is 0 Å². The van der Waals surface area contributed by atoms with Gasteiger partial charge in [-0.3, -0.25) is 28.2 Å². The molecular weight excluding hydrogens is 382 g/mol. The average Bonchev–Trinajstić information content (AvgIpc) is 2.47. The van der Waals surface area contributed by atoms with Crippen molar-refractivity contribution in [1.29, 1.82) is 0 Å². The first kappa shape index (κ1) is 23.4. The minimum absolute atomic E-state index is 0.154. The Kier molecular flexibility index (Phi) is 8.63. The van der Waals surface area contributed by atoms with Crippen LogP contribution < -0.4 is 0 Å². The predicted octanol–water partition coefficient (Wildman–Crippen LogP) is 0.666. The van der Waals surface area contributed by atoms with Crippen LogP contribution in [-0.2, 0) is 41.7 Å². The van der Waals surface area contributed by atoms with Gasteiger partial charge in [-0.2, -0.15) is 4.31 Å². The van der Waals surface area contributed by atoms with Crippen molar-refractivity contribution in [2.75, 3.05) is 13.2 Å². The normalized spacial score (nSPS) is 15.5. The van der Waals surface area contributed by atoms with Crippen LogP contribution in [-0.4, -0.2) is 46.1 Å². The van der Waals surface area contributed by atoms with Gasteiger partial charge in [0.15, 0.2) is 0 Å². The summed E-state index contributed by atoms with van der Waals surface area (Å²) in [6, 6.07) is 0. The second kappa shape index (κ2) is 9.21. The lowest BCUT2D eigenvalue weighted by molar-refractivity contribution is -0.136. The molecule has 0 aromatic carbocycles. The lowest BCUT2D eigenvalue weighted by Crippen LogP contribution is -2.20. The van der Waals surface area contributed by atoms with E-state index in [2.05, 4.69) is 26.5 Å². The van der Waals surface area contributed by atoms with Crippen molar-refractivity contribution in [2.45, 2.75) is 13.8 Å². The molecular formula is C12H16O11P2. The molecule has 0 spiro atoms. The zero-order valence-electron chi connectivity index (χ0n) is 13.3. The van der Waals surface area contributed by atoms with Crippen LogP contribution in [0.15, 0.2) is 24.3 Å². The van der Waals surface area contributed by atoms with Crippen molar-refractivity contribution < 1.29 is 51.5 Å². The maximum atomic E-state index is 11.5. The van der Waals surface area contributed by atoms with Crippen molar-refractivity contribution in [3.63, 3.8) is 0 Å². The SMILES string of the molecule is C=C(C)C(=O)C(=O)COP(=O)(O)OP(=O)(O)OCC(=O)C(=O)C(=C)C. The van der Waals surface area contributed by atoms with E-state index in [9.17, 15) is 38.1 Å². The Morgan fingerprint density at radius 2 is 1.08 bits per heavy atom. The summed E-state index contributed by atoms with van der Waals surface area (Å²) in [5.74, 6) is -4.65. The summed E-state index contributed by atoms with van der Waals surface area (Å²) in [6.45, 7) is 6.35. The van der Waals surface area contributed by atoms with Gasteiger partial charge < -0.3 is 9.79 Å². The molecule has 0 heterocycles. The number of phosphoric ester groups is 2. The molecule has 2 unspecified atom stereocenters. The van der Waals surface area contributed by atoms with E-state index in [1.165, 1.54) is 13.8 Å². The van der Waals surface area contributed by atoms with Gasteiger partial charge in [0.2, 0.25) is 23.1 Å². The topological polar surface area (TPSA) is 171 Å². The molecule has 0 fully saturated rings. The van der Waals surface area contributed by atoms with Gasteiger partial charge in [0.1, 0.15) is 13.2 Å². The molecule has 0 saturated heterocycles. The molecule has 0 aliphatic carbocycles. The number of carbonyl (C=O) groups is 4. The zero-order chi connectivity index (χ0) is 20.0. The molecule has 2 atom stereocenters. The summed E-state index contributed by atoms with van der Waals surface area (Å²) in [5.41, 5.74) is -0.307. The third-order valence-corrected chi connectivity index (χ3v) is 4.77. The summed E-state index contributed by atoms with van der Waals surface area (Å²) in [7, 11) is -10.6. The molecule has 25 heavy (non-hydrogen) atoms. The van der Waals surface area contributed by atoms with Crippen LogP contribution in [0.3, 0.4) is 0 Å². The molecule has 0 aromatic heterocycles. The fraction of sp³-hybridized carbons (Fsp3) is 0.333. The highest BCUT2D eigenvalue weighted by Gasteiger charge is 2.37. The highest BCUT2D eigenvalue weighted by Crippen LogP contribution is 2.60. The van der Waals surface area contributed by atoms with E-state index in [1.807, 2.05) is 0 Å². The number of allylic oxidation sites excluding steroid dienone is 2. The molecule has 0 bridgehead atoms. The number of rotatable bonds is 12. The molecule has 0 radical (unpaired) electrons. The first-order valence-electron chi connectivity index (χ1n) is 6.30. The molecule has 0 aliphatic heterocycles. The Morgan fingerprint density at radius 3 is 1.32 bits per heavy atom. The third-order valence-electron chi connectivity index (χ3n) is 2.21. The van der Waals surface area contributed by atoms with E-state index in [-0.39, 0.29) is 11.1 Å². The molecule has 0 aliphatic rings. The predicted molar refractivity (Wildman–Crippen MR) is 82.3 cm³/mol. The minimum Gasteiger partial charge on any atom is -0.302 e. The summed E-state index contributed by atoms with van der Waals surface area (Å²) in [6.07, 6.45) is 0. The van der Waals surface area contributed by atoms with Crippen LogP contribution in [0.25, 0.3) is 0 Å². The highest BCUT2D eigenvalue weighted by molar-refractivity contribution is 7.61. The second-order valence-corrected chi connectivity index (χ2v) is 7.67. The molecule has 140 valence electrons. The first-order valence-corrected chi connectivity index (χ1v) is 9.29. The Hall–Kier alpha value is -1.58. The third kappa shape index (κ3) is 8.89. The Labute approximate surface area is 142 Å². The number of phosphoric acid groups is 2. The first-order chi connectivity index (χ1) is 11.2. The fourth-order valence-electron chi connectivity index (χ4n) is 1.07. The Balaban J connectivity index is 4.71. The minimum atomic E-state index is -5.30. The Morgan fingerprint density at radius 1 is 0.800 bits per heavy atom. The highest BCUT2D eigenvalue weighted by atomic mass is 31.3. The van der Waals surface area contributed by atoms with Crippen LogP contribution in [0.1, 0.15) is 13.8 Å². The molecule has 13 heteroatoms. The van der Waals surface area contributed by atoms with Gasteiger partial charge in [0.25, 0.3) is 0 Å². The van der Waals surface area contributed by atoms with Gasteiger partial charge in [-0.05, 0) is 25.0 Å². The van der Waals surface area contributed by atoms with E-state index < -0.39 is 52.0 Å². The van der Waals surface area contributed by atoms with E-state index in [0.29, 0.717) is 0 Å². The number of carbonyl (C=O) groups excluding carboxylic acids is 4. The molecule has 0 saturated carbocycles. The summed E-state index contributed by atoms with van der Waals surface area (Å²) in [5, 5.41) is 0. The van der Waals surface area contributed by atoms with Gasteiger partial charge in [-0.1, -0.05) is 13.2 Å². The Bertz CT molecular complexity index is 661. The molecule has 0 amide bonds. The van der Waals surface area contributed by atoms with Crippen LogP contribution in [0.4, 0.5) is 0 Å². The monoisotopic (exact) mass is 398 g/mol. The van der Waals surface area contributed by atoms with Crippen LogP contribution in [0.5, 0.6) is 0 Å². The van der Waals surface area contributed by atoms with Gasteiger partial charge >= 0.3 is 15.6 Å². The van der Waals surface area contributed by atoms with Crippen LogP contribution in [0.2, 0.25) is 0 Å². The lowest BCUT2D eigenvalue weighted by Gasteiger charge is -2.15. The van der Waals surface area contributed by atoms with E-state index in [4.69, 9.17) is 0 Å². The molecule has 0 rings (SSSR count). The van der Waals surface area contributed by atoms with Gasteiger partial charge in [-0.15, -0.1) is 0 Å². The number of hydrogen-bond acceptors (Lipinski definition) is 9. The maximum absolute atomic E-state index is 11.5. The van der Waals surface area contributed by atoms with Crippen molar-refractivity contribution >= 4 is 38.8 Å². The second-order valence-electron chi connectivity index (χ2n) is 4.63. The molecule has 0 aromatic rings. The number of Topliss-reactive ketones (excluding diaryl/α,β-unsaturated/α-hetero) is 4. The summed E-state index contributed by atoms with van der Waals surface area (Å²) < 4.78 is 34.9. The standard InChI is InChI=1S/C12H16O11P2/c1-7(2)11(15)9(13)5-21-24(17,18)23-25(19,20)22-6-10(14)12(16)8(3)4/h1,3,5-6H2,2,4H3,(H,17,18)(H,19,20). The van der Waals surface area contributed by atoms with Gasteiger partial charge in [0, 0.05) is 0 Å². The fourth-order valence-corrected chi connectivity index (χ4v) is 3.05. The number of ketones is 4. The quantitative estimate of drug-likeness (QED) is 0.269. The number of hydrogen-bond donors (Lipinski definition) is 2. The summed E-state index contributed by atoms with van der Waals surface area (Å²) >= 11 is 0. The summed E-state index contributed by atoms with van der Waals surface area (Å²) in [4.78, 5) is 63.4. The smallest absolute Gasteiger partial charge is 0.302 e. The van der Waals surface area contributed by atoms with E-state index >= 15 is 0 Å². The lowest BCUT2D eigenvalue weighted by atomic mass is 10.1. The zero-order valence-corrected chi connectivity index (χ0v) is 15.1. The van der Waals surface area contributed by atoms with Crippen LogP contribution >= 0.6 is 15.6 Å². The van der Waals surface area contributed by atoms with Crippen molar-refractivity contribution in [1.82, 2.24) is 0 Å². The van der Waals surface area contributed by atoms with Crippen LogP contribution in [0, 0.1) is 0 Å². The average molecular weight is 398 g/mol. The van der Waals surface area contributed by atoms with E-state index in [1.54, 1.807) is 0 Å². The van der Waals surface area contributed by atoms with Crippen molar-refractivity contribution in [3.05, 3.63) is 24.3 Å². The van der Waals surface area contributed by atoms with Gasteiger partial charge in [-0.25, -0.2) is 9.13 Å². The largest absolute Gasteiger partial charge is 0.481 e. The maximum Gasteiger partial charge on any atom is 0.481 e. The van der Waals surface area contributed by atoms with Crippen molar-refractivity contribution in [2.24, 2.45) is 0 Å².